The molecule has 2 N–H and O–H groups in total. The van der Waals surface area contributed by atoms with Gasteiger partial charge in [-0.15, -0.1) is 0 Å². The molecule has 2 rings (SSSR count). The molecule has 106 valence electrons. The highest BCUT2D eigenvalue weighted by Gasteiger charge is 2.43. The van der Waals surface area contributed by atoms with Gasteiger partial charge in [0.1, 0.15) is 12.2 Å². The Balaban J connectivity index is 2.21. The van der Waals surface area contributed by atoms with Crippen LogP contribution in [0, 0.1) is 0 Å². The summed E-state index contributed by atoms with van der Waals surface area (Å²) in [5.41, 5.74) is 0.811. The summed E-state index contributed by atoms with van der Waals surface area (Å²) in [4.78, 5) is 0. The molecule has 1 aromatic carbocycles. The maximum Gasteiger partial charge on any atom is 0.231 e. The van der Waals surface area contributed by atoms with Gasteiger partial charge in [0.2, 0.25) is 11.3 Å². The van der Waals surface area contributed by atoms with Crippen LogP contribution in [0.2, 0.25) is 5.02 Å². The quantitative estimate of drug-likeness (QED) is 0.924. The van der Waals surface area contributed by atoms with E-state index in [0.29, 0.717) is 5.02 Å². The van der Waals surface area contributed by atoms with Crippen LogP contribution in [0.15, 0.2) is 24.3 Å². The van der Waals surface area contributed by atoms with Gasteiger partial charge in [0, 0.05) is 10.6 Å². The Morgan fingerprint density at radius 3 is 2.74 bits per heavy atom. The minimum Gasteiger partial charge on any atom is -0.342 e. The van der Waals surface area contributed by atoms with Crippen molar-refractivity contribution in [3.63, 3.8) is 0 Å². The van der Waals surface area contributed by atoms with E-state index in [1.165, 1.54) is 0 Å². The molecule has 0 spiro atoms. The molecule has 1 aromatic rings. The second-order valence-electron chi connectivity index (χ2n) is 4.66. The number of hydrogen-bond donors (Lipinski definition) is 1. The van der Waals surface area contributed by atoms with Crippen LogP contribution >= 0.6 is 11.6 Å². The molecule has 0 aliphatic carbocycles. The number of hydrogen-bond acceptors (Lipinski definition) is 4. The smallest absolute Gasteiger partial charge is 0.231 e. The van der Waals surface area contributed by atoms with Crippen molar-refractivity contribution in [1.82, 2.24) is 0 Å². The van der Waals surface area contributed by atoms with Gasteiger partial charge in [-0.05, 0) is 19.9 Å². The van der Waals surface area contributed by atoms with Gasteiger partial charge in [0.25, 0.3) is 0 Å². The van der Waals surface area contributed by atoms with Gasteiger partial charge in [-0.2, -0.15) is 0 Å². The first kappa shape index (κ1) is 14.9. The van der Waals surface area contributed by atoms with Crippen LogP contribution in [-0.2, 0) is 24.9 Å². The van der Waals surface area contributed by atoms with E-state index in [9.17, 15) is 4.21 Å². The molecule has 0 radical (unpaired) electrons. The molecule has 1 aliphatic rings. The lowest BCUT2D eigenvalue weighted by atomic mass is 10.1. The number of rotatable bonds is 4. The lowest BCUT2D eigenvalue weighted by Crippen LogP contribution is -2.26. The van der Waals surface area contributed by atoms with Gasteiger partial charge in [0.05, 0.1) is 6.61 Å². The van der Waals surface area contributed by atoms with E-state index >= 15 is 0 Å². The van der Waals surface area contributed by atoms with Crippen molar-refractivity contribution in [2.45, 2.75) is 31.8 Å². The molecule has 1 fully saturated rings. The molecule has 3 atom stereocenters. The SMILES string of the molecule is CC1(C)O[C@@H](COS(N)=O)[C@H](c2ccccc2Cl)O1. The molecule has 1 heterocycles. The molecule has 1 saturated heterocycles. The van der Waals surface area contributed by atoms with Crippen molar-refractivity contribution in [2.24, 2.45) is 5.14 Å². The first-order chi connectivity index (χ1) is 8.89. The Bertz CT molecular complexity index is 483. The van der Waals surface area contributed by atoms with E-state index in [1.54, 1.807) is 19.9 Å². The summed E-state index contributed by atoms with van der Waals surface area (Å²) < 4.78 is 27.3. The number of ether oxygens (including phenoxy) is 2. The normalized spacial score (nSPS) is 27.4. The Labute approximate surface area is 119 Å². The highest BCUT2D eigenvalue weighted by Crippen LogP contribution is 2.40. The van der Waals surface area contributed by atoms with Crippen molar-refractivity contribution in [3.05, 3.63) is 34.9 Å². The van der Waals surface area contributed by atoms with Gasteiger partial charge >= 0.3 is 0 Å². The molecule has 0 amide bonds. The molecule has 1 aliphatic heterocycles. The fourth-order valence-corrected chi connectivity index (χ4v) is 2.57. The third-order valence-corrected chi connectivity index (χ3v) is 3.46. The van der Waals surface area contributed by atoms with Crippen molar-refractivity contribution in [2.75, 3.05) is 6.61 Å². The summed E-state index contributed by atoms with van der Waals surface area (Å²) in [6.07, 6.45) is -0.797. The Hall–Kier alpha value is -0.500. The van der Waals surface area contributed by atoms with Crippen molar-refractivity contribution < 1.29 is 17.9 Å². The minimum absolute atomic E-state index is 0.0719. The van der Waals surface area contributed by atoms with Crippen LogP contribution in [0.5, 0.6) is 0 Å². The predicted octanol–water partition coefficient (Wildman–Crippen LogP) is 2.09. The summed E-state index contributed by atoms with van der Waals surface area (Å²) in [5.74, 6) is -0.756. The van der Waals surface area contributed by atoms with Crippen molar-refractivity contribution in [1.29, 1.82) is 0 Å². The number of halogens is 1. The molecular formula is C12H16ClNO4S. The largest absolute Gasteiger partial charge is 0.342 e. The molecule has 1 unspecified atom stereocenters. The van der Waals surface area contributed by atoms with Gasteiger partial charge in [0.15, 0.2) is 5.79 Å². The van der Waals surface area contributed by atoms with Crippen LogP contribution < -0.4 is 5.14 Å². The number of nitrogens with two attached hydrogens (primary N) is 1. The van der Waals surface area contributed by atoms with Crippen LogP contribution in [0.25, 0.3) is 0 Å². The highest BCUT2D eigenvalue weighted by atomic mass is 35.5. The van der Waals surface area contributed by atoms with Crippen LogP contribution in [0.4, 0.5) is 0 Å². The van der Waals surface area contributed by atoms with Crippen LogP contribution in [-0.4, -0.2) is 22.7 Å². The van der Waals surface area contributed by atoms with Gasteiger partial charge in [-0.25, -0.2) is 9.35 Å². The van der Waals surface area contributed by atoms with Gasteiger partial charge < -0.3 is 9.47 Å². The average Bonchev–Trinajstić information content (AvgIpc) is 2.62. The Morgan fingerprint density at radius 1 is 1.42 bits per heavy atom. The predicted molar refractivity (Wildman–Crippen MR) is 72.5 cm³/mol. The van der Waals surface area contributed by atoms with E-state index < -0.39 is 23.2 Å². The van der Waals surface area contributed by atoms with E-state index in [-0.39, 0.29) is 12.7 Å². The number of benzene rings is 1. The summed E-state index contributed by atoms with van der Waals surface area (Å²) >= 11 is 4.33. The molecular weight excluding hydrogens is 290 g/mol. The van der Waals surface area contributed by atoms with Crippen LogP contribution in [0.3, 0.4) is 0 Å². The Kier molecular flexibility index (Phi) is 4.60. The highest BCUT2D eigenvalue weighted by molar-refractivity contribution is 7.77. The topological polar surface area (TPSA) is 70.8 Å². The van der Waals surface area contributed by atoms with E-state index in [0.717, 1.165) is 5.56 Å². The third-order valence-electron chi connectivity index (χ3n) is 2.74. The van der Waals surface area contributed by atoms with Crippen LogP contribution in [0.1, 0.15) is 25.5 Å². The van der Waals surface area contributed by atoms with Crippen molar-refractivity contribution in [3.8, 4) is 0 Å². The minimum atomic E-state index is -1.83. The fraction of sp³-hybridized carbons (Fsp3) is 0.500. The molecule has 0 bridgehead atoms. The zero-order valence-corrected chi connectivity index (χ0v) is 12.2. The maximum atomic E-state index is 10.8. The molecule has 19 heavy (non-hydrogen) atoms. The lowest BCUT2D eigenvalue weighted by Gasteiger charge is -2.17. The van der Waals surface area contributed by atoms with E-state index in [2.05, 4.69) is 0 Å². The molecule has 0 aromatic heterocycles. The second kappa shape index (κ2) is 5.87. The summed E-state index contributed by atoms with van der Waals surface area (Å²) in [5, 5.41) is 5.67. The summed E-state index contributed by atoms with van der Waals surface area (Å²) in [6, 6.07) is 7.36. The van der Waals surface area contributed by atoms with E-state index in [4.69, 9.17) is 30.4 Å². The summed E-state index contributed by atoms with van der Waals surface area (Å²) in [6.45, 7) is 3.68. The first-order valence-electron chi connectivity index (χ1n) is 5.78. The van der Waals surface area contributed by atoms with Crippen molar-refractivity contribution >= 4 is 22.9 Å². The molecule has 0 saturated carbocycles. The van der Waals surface area contributed by atoms with Gasteiger partial charge in [-0.1, -0.05) is 29.8 Å². The van der Waals surface area contributed by atoms with E-state index in [1.807, 2.05) is 18.2 Å². The first-order valence-corrected chi connectivity index (χ1v) is 7.30. The molecule has 5 nitrogen and oxygen atoms in total. The summed E-state index contributed by atoms with van der Waals surface area (Å²) in [7, 11) is 0. The van der Waals surface area contributed by atoms with Gasteiger partial charge in [-0.3, -0.25) is 4.18 Å². The average molecular weight is 306 g/mol. The fourth-order valence-electron chi connectivity index (χ4n) is 2.06. The maximum absolute atomic E-state index is 10.8. The standard InChI is InChI=1S/C12H16ClNO4S/c1-12(2)17-10(7-16-19(14)15)11(18-12)8-5-3-4-6-9(8)13/h3-6,10-11H,7,14H2,1-2H3/t10-,11-,19?/m0/s1. The monoisotopic (exact) mass is 305 g/mol. The Morgan fingerprint density at radius 2 is 2.11 bits per heavy atom. The zero-order chi connectivity index (χ0) is 14.0. The zero-order valence-electron chi connectivity index (χ0n) is 10.7. The lowest BCUT2D eigenvalue weighted by molar-refractivity contribution is -0.148. The second-order valence-corrected chi connectivity index (χ2v) is 5.82. The third kappa shape index (κ3) is 3.75. The molecule has 7 heteroatoms.